The van der Waals surface area contributed by atoms with E-state index in [1.54, 1.807) is 14.0 Å². The molecule has 2 aromatic carbocycles. The second-order valence-corrected chi connectivity index (χ2v) is 5.05. The molecule has 108 valence electrons. The first-order valence-electron chi connectivity index (χ1n) is 6.83. The van der Waals surface area contributed by atoms with Crippen molar-refractivity contribution in [2.45, 2.75) is 13.5 Å². The average molecular weight is 283 g/mol. The van der Waals surface area contributed by atoms with Gasteiger partial charge in [-0.3, -0.25) is 4.79 Å². The summed E-state index contributed by atoms with van der Waals surface area (Å²) in [7, 11) is 1.65. The standard InChI is InChI=1S/C17H17NO3/c1-12(19)13-3-8-17-14(9-13)10-18(11-21-17)15-4-6-16(20-2)7-5-15/h3-9H,10-11H2,1-2H3. The van der Waals surface area contributed by atoms with Crippen LogP contribution in [-0.4, -0.2) is 19.6 Å². The summed E-state index contributed by atoms with van der Waals surface area (Å²) in [6.07, 6.45) is 0. The minimum atomic E-state index is 0.0689. The van der Waals surface area contributed by atoms with Crippen LogP contribution in [0, 0.1) is 0 Å². The van der Waals surface area contributed by atoms with Crippen LogP contribution in [-0.2, 0) is 6.54 Å². The zero-order valence-corrected chi connectivity index (χ0v) is 12.1. The lowest BCUT2D eigenvalue weighted by Crippen LogP contribution is -2.31. The highest BCUT2D eigenvalue weighted by Crippen LogP contribution is 2.30. The maximum atomic E-state index is 11.5. The third-order valence-corrected chi connectivity index (χ3v) is 3.64. The lowest BCUT2D eigenvalue weighted by molar-refractivity contribution is 0.101. The number of carbonyl (C=O) groups excluding carboxylic acids is 1. The third-order valence-electron chi connectivity index (χ3n) is 3.64. The first-order chi connectivity index (χ1) is 10.2. The Morgan fingerprint density at radius 1 is 1.19 bits per heavy atom. The van der Waals surface area contributed by atoms with Crippen LogP contribution in [0.5, 0.6) is 11.5 Å². The van der Waals surface area contributed by atoms with Crippen molar-refractivity contribution in [2.24, 2.45) is 0 Å². The van der Waals surface area contributed by atoms with Crippen molar-refractivity contribution >= 4 is 11.5 Å². The van der Waals surface area contributed by atoms with E-state index in [4.69, 9.17) is 9.47 Å². The van der Waals surface area contributed by atoms with E-state index in [-0.39, 0.29) is 5.78 Å². The Bertz CT molecular complexity index is 664. The minimum Gasteiger partial charge on any atom is -0.497 e. The fourth-order valence-electron chi connectivity index (χ4n) is 2.42. The predicted octanol–water partition coefficient (Wildman–Crippen LogP) is 3.25. The number of Topliss-reactive ketones (excluding diaryl/α,β-unsaturated/α-hetero) is 1. The Kier molecular flexibility index (Phi) is 3.52. The van der Waals surface area contributed by atoms with E-state index in [0.29, 0.717) is 12.3 Å². The van der Waals surface area contributed by atoms with Crippen LogP contribution < -0.4 is 14.4 Å². The van der Waals surface area contributed by atoms with Crippen LogP contribution >= 0.6 is 0 Å². The molecule has 0 unspecified atom stereocenters. The summed E-state index contributed by atoms with van der Waals surface area (Å²) in [5, 5.41) is 0. The number of ketones is 1. The van der Waals surface area contributed by atoms with Crippen molar-refractivity contribution in [2.75, 3.05) is 18.7 Å². The van der Waals surface area contributed by atoms with Crippen molar-refractivity contribution in [1.29, 1.82) is 0 Å². The molecule has 0 amide bonds. The molecule has 1 aliphatic rings. The van der Waals surface area contributed by atoms with E-state index >= 15 is 0 Å². The summed E-state index contributed by atoms with van der Waals surface area (Å²) in [6.45, 7) is 2.80. The van der Waals surface area contributed by atoms with Gasteiger partial charge >= 0.3 is 0 Å². The van der Waals surface area contributed by atoms with Crippen molar-refractivity contribution in [3.05, 3.63) is 53.6 Å². The van der Waals surface area contributed by atoms with Crippen LogP contribution in [0.15, 0.2) is 42.5 Å². The first kappa shape index (κ1) is 13.5. The summed E-state index contributed by atoms with van der Waals surface area (Å²) in [5.74, 6) is 1.75. The highest BCUT2D eigenvalue weighted by Gasteiger charge is 2.18. The lowest BCUT2D eigenvalue weighted by Gasteiger charge is -2.31. The summed E-state index contributed by atoms with van der Waals surface area (Å²) in [6, 6.07) is 13.5. The summed E-state index contributed by atoms with van der Waals surface area (Å²) >= 11 is 0. The van der Waals surface area contributed by atoms with Gasteiger partial charge in [-0.2, -0.15) is 0 Å². The number of anilines is 1. The predicted molar refractivity (Wildman–Crippen MR) is 81.1 cm³/mol. The van der Waals surface area contributed by atoms with E-state index in [9.17, 15) is 4.79 Å². The maximum absolute atomic E-state index is 11.5. The van der Waals surface area contributed by atoms with Crippen LogP contribution in [0.1, 0.15) is 22.8 Å². The molecule has 0 atom stereocenters. The zero-order chi connectivity index (χ0) is 14.8. The molecular formula is C17H17NO3. The highest BCUT2D eigenvalue weighted by molar-refractivity contribution is 5.94. The van der Waals surface area contributed by atoms with E-state index in [2.05, 4.69) is 4.90 Å². The number of rotatable bonds is 3. The van der Waals surface area contributed by atoms with Gasteiger partial charge in [0, 0.05) is 23.4 Å². The van der Waals surface area contributed by atoms with Crippen molar-refractivity contribution in [3.63, 3.8) is 0 Å². The SMILES string of the molecule is COc1ccc(N2COc3ccc(C(C)=O)cc3C2)cc1. The second-order valence-electron chi connectivity index (χ2n) is 5.05. The Labute approximate surface area is 123 Å². The number of carbonyl (C=O) groups is 1. The molecule has 1 heterocycles. The highest BCUT2D eigenvalue weighted by atomic mass is 16.5. The Hall–Kier alpha value is -2.49. The van der Waals surface area contributed by atoms with Gasteiger partial charge in [-0.15, -0.1) is 0 Å². The molecule has 21 heavy (non-hydrogen) atoms. The number of hydrogen-bond donors (Lipinski definition) is 0. The quantitative estimate of drug-likeness (QED) is 0.811. The van der Waals surface area contributed by atoms with E-state index in [1.807, 2.05) is 42.5 Å². The van der Waals surface area contributed by atoms with Crippen molar-refractivity contribution < 1.29 is 14.3 Å². The van der Waals surface area contributed by atoms with E-state index in [0.717, 1.165) is 29.3 Å². The van der Waals surface area contributed by atoms with Crippen molar-refractivity contribution in [1.82, 2.24) is 0 Å². The number of fused-ring (bicyclic) bond motifs is 1. The van der Waals surface area contributed by atoms with Gasteiger partial charge < -0.3 is 14.4 Å². The number of nitrogens with zero attached hydrogens (tertiary/aromatic N) is 1. The Balaban J connectivity index is 1.85. The molecular weight excluding hydrogens is 266 g/mol. The van der Waals surface area contributed by atoms with Crippen LogP contribution in [0.4, 0.5) is 5.69 Å². The fraction of sp³-hybridized carbons (Fsp3) is 0.235. The number of hydrogen-bond acceptors (Lipinski definition) is 4. The normalized spacial score (nSPS) is 13.3. The smallest absolute Gasteiger partial charge is 0.161 e. The molecule has 0 saturated carbocycles. The zero-order valence-electron chi connectivity index (χ0n) is 12.1. The Morgan fingerprint density at radius 2 is 1.95 bits per heavy atom. The molecule has 0 spiro atoms. The van der Waals surface area contributed by atoms with Gasteiger partial charge in [-0.05, 0) is 49.4 Å². The molecule has 0 aromatic heterocycles. The topological polar surface area (TPSA) is 38.8 Å². The summed E-state index contributed by atoms with van der Waals surface area (Å²) in [5.41, 5.74) is 2.81. The number of benzene rings is 2. The largest absolute Gasteiger partial charge is 0.497 e. The van der Waals surface area contributed by atoms with Crippen LogP contribution in [0.2, 0.25) is 0 Å². The van der Waals surface area contributed by atoms with Gasteiger partial charge in [0.1, 0.15) is 11.5 Å². The van der Waals surface area contributed by atoms with Crippen LogP contribution in [0.3, 0.4) is 0 Å². The summed E-state index contributed by atoms with van der Waals surface area (Å²) < 4.78 is 10.9. The van der Waals surface area contributed by atoms with Gasteiger partial charge in [0.2, 0.25) is 0 Å². The molecule has 0 radical (unpaired) electrons. The number of ether oxygens (including phenoxy) is 2. The van der Waals surface area contributed by atoms with Gasteiger partial charge in [-0.25, -0.2) is 0 Å². The monoisotopic (exact) mass is 283 g/mol. The first-order valence-corrected chi connectivity index (χ1v) is 6.83. The number of methoxy groups -OCH3 is 1. The van der Waals surface area contributed by atoms with Gasteiger partial charge in [0.25, 0.3) is 0 Å². The van der Waals surface area contributed by atoms with Crippen LogP contribution in [0.25, 0.3) is 0 Å². The van der Waals surface area contributed by atoms with E-state index in [1.165, 1.54) is 0 Å². The second kappa shape index (κ2) is 5.48. The molecule has 0 aliphatic carbocycles. The molecule has 1 aliphatic heterocycles. The third kappa shape index (κ3) is 2.70. The summed E-state index contributed by atoms with van der Waals surface area (Å²) in [4.78, 5) is 13.6. The van der Waals surface area contributed by atoms with Gasteiger partial charge in [0.15, 0.2) is 12.5 Å². The lowest BCUT2D eigenvalue weighted by atomic mass is 10.1. The van der Waals surface area contributed by atoms with Gasteiger partial charge in [0.05, 0.1) is 7.11 Å². The van der Waals surface area contributed by atoms with Crippen molar-refractivity contribution in [3.8, 4) is 11.5 Å². The molecule has 0 saturated heterocycles. The van der Waals surface area contributed by atoms with Gasteiger partial charge in [-0.1, -0.05) is 0 Å². The molecule has 0 fully saturated rings. The Morgan fingerprint density at radius 3 is 2.62 bits per heavy atom. The molecule has 4 heteroatoms. The molecule has 0 N–H and O–H groups in total. The molecule has 0 bridgehead atoms. The average Bonchev–Trinajstić information content (AvgIpc) is 2.54. The van der Waals surface area contributed by atoms with E-state index < -0.39 is 0 Å². The molecule has 4 nitrogen and oxygen atoms in total. The molecule has 2 aromatic rings. The minimum absolute atomic E-state index is 0.0689. The molecule has 3 rings (SSSR count). The fourth-order valence-corrected chi connectivity index (χ4v) is 2.42. The maximum Gasteiger partial charge on any atom is 0.161 e.